The zero-order valence-electron chi connectivity index (χ0n) is 12.6. The van der Waals surface area contributed by atoms with Crippen molar-refractivity contribution in [3.05, 3.63) is 33.8 Å². The molecule has 0 unspecified atom stereocenters. The summed E-state index contributed by atoms with van der Waals surface area (Å²) in [5.74, 6) is 0.0130. The lowest BCUT2D eigenvalue weighted by Gasteiger charge is -2.14. The van der Waals surface area contributed by atoms with E-state index in [1.54, 1.807) is 12.1 Å². The lowest BCUT2D eigenvalue weighted by atomic mass is 10.1. The second kappa shape index (κ2) is 8.25. The number of nitrogens with zero attached hydrogens (tertiary/aromatic N) is 1. The van der Waals surface area contributed by atoms with Gasteiger partial charge in [-0.05, 0) is 38.0 Å². The van der Waals surface area contributed by atoms with Gasteiger partial charge in [0.1, 0.15) is 0 Å². The van der Waals surface area contributed by atoms with E-state index >= 15 is 0 Å². The van der Waals surface area contributed by atoms with Gasteiger partial charge in [-0.3, -0.25) is 10.1 Å². The fraction of sp³-hybridized carbons (Fsp3) is 0.467. The lowest BCUT2D eigenvalue weighted by Crippen LogP contribution is -2.34. The summed E-state index contributed by atoms with van der Waals surface area (Å²) in [7, 11) is 0. The summed E-state index contributed by atoms with van der Waals surface area (Å²) in [5.41, 5.74) is 0.397. The predicted octanol–water partition coefficient (Wildman–Crippen LogP) is 4.16. The highest BCUT2D eigenvalue weighted by molar-refractivity contribution is 6.42. The maximum absolute atomic E-state index is 12.2. The molecular formula is C15H20Cl2N2O2. The smallest absolute Gasteiger partial charge is 0.291 e. The molecule has 0 aromatic heterocycles. The average molecular weight is 331 g/mol. The largest absolute Gasteiger partial charge is 0.465 e. The van der Waals surface area contributed by atoms with E-state index in [2.05, 4.69) is 24.2 Å². The highest BCUT2D eigenvalue weighted by atomic mass is 35.5. The van der Waals surface area contributed by atoms with Crippen molar-refractivity contribution < 1.29 is 9.53 Å². The number of ether oxygens (including phenoxy) is 1. The number of carbonyl (C=O) groups excluding carboxylic acids is 1. The normalized spacial score (nSPS) is 13.2. The summed E-state index contributed by atoms with van der Waals surface area (Å²) in [5, 5.41) is 3.39. The average Bonchev–Trinajstić information content (AvgIpc) is 2.41. The molecule has 0 fully saturated rings. The first-order valence-corrected chi connectivity index (χ1v) is 7.57. The van der Waals surface area contributed by atoms with Gasteiger partial charge in [0.25, 0.3) is 11.9 Å². The molecule has 1 aromatic carbocycles. The van der Waals surface area contributed by atoms with Crippen LogP contribution in [0.15, 0.2) is 23.2 Å². The van der Waals surface area contributed by atoms with Crippen LogP contribution in [-0.2, 0) is 4.74 Å². The Morgan fingerprint density at radius 1 is 1.29 bits per heavy atom. The number of amides is 1. The summed E-state index contributed by atoms with van der Waals surface area (Å²) in [6.45, 7) is 8.33. The fourth-order valence-corrected chi connectivity index (χ4v) is 1.68. The number of carbonyl (C=O) groups is 1. The fourth-order valence-electron chi connectivity index (χ4n) is 1.38. The van der Waals surface area contributed by atoms with Crippen molar-refractivity contribution in [3.63, 3.8) is 0 Å². The van der Waals surface area contributed by atoms with E-state index in [1.807, 2.05) is 13.8 Å². The van der Waals surface area contributed by atoms with Crippen molar-refractivity contribution in [1.82, 2.24) is 5.32 Å². The number of hydrogen-bond donors (Lipinski definition) is 1. The van der Waals surface area contributed by atoms with Gasteiger partial charge < -0.3 is 4.74 Å². The Morgan fingerprint density at radius 2 is 1.95 bits per heavy atom. The molecule has 1 aromatic rings. The van der Waals surface area contributed by atoms with Crippen LogP contribution in [0.3, 0.4) is 0 Å². The third-order valence-corrected chi connectivity index (χ3v) is 3.71. The summed E-state index contributed by atoms with van der Waals surface area (Å²) in [4.78, 5) is 16.5. The Morgan fingerprint density at radius 3 is 2.48 bits per heavy atom. The number of amidine groups is 1. The summed E-state index contributed by atoms with van der Waals surface area (Å²) in [6.07, 6.45) is 0. The molecule has 0 aliphatic heterocycles. The summed E-state index contributed by atoms with van der Waals surface area (Å²) in [6, 6.07) is 4.94. The molecule has 0 saturated carbocycles. The van der Waals surface area contributed by atoms with Crippen molar-refractivity contribution >= 4 is 35.1 Å². The number of rotatable bonds is 4. The van der Waals surface area contributed by atoms with E-state index in [9.17, 15) is 4.79 Å². The van der Waals surface area contributed by atoms with Crippen LogP contribution >= 0.6 is 23.2 Å². The zero-order valence-corrected chi connectivity index (χ0v) is 14.1. The standard InChI is InChI=1S/C15H20Cl2N2O2/c1-5-21-15(18-10(4)9(2)3)19-14(20)11-6-7-12(16)13(17)8-11/h6-10H,5H2,1-4H3,(H,18,19,20)/t10-/m1/s1. The van der Waals surface area contributed by atoms with Crippen LogP contribution in [0.2, 0.25) is 10.0 Å². The van der Waals surface area contributed by atoms with Gasteiger partial charge in [0.05, 0.1) is 22.7 Å². The Kier molecular flexibility index (Phi) is 6.99. The van der Waals surface area contributed by atoms with Gasteiger partial charge >= 0.3 is 0 Å². The molecule has 116 valence electrons. The van der Waals surface area contributed by atoms with E-state index in [4.69, 9.17) is 27.9 Å². The first-order valence-electron chi connectivity index (χ1n) is 6.82. The van der Waals surface area contributed by atoms with Gasteiger partial charge in [0, 0.05) is 5.56 Å². The third-order valence-electron chi connectivity index (χ3n) is 2.97. The highest BCUT2D eigenvalue weighted by Crippen LogP contribution is 2.22. The minimum atomic E-state index is -0.336. The van der Waals surface area contributed by atoms with E-state index in [0.717, 1.165) is 0 Å². The van der Waals surface area contributed by atoms with Crippen LogP contribution < -0.4 is 5.32 Å². The quantitative estimate of drug-likeness (QED) is 0.665. The van der Waals surface area contributed by atoms with Crippen LogP contribution in [0.4, 0.5) is 0 Å². The van der Waals surface area contributed by atoms with Crippen LogP contribution in [0, 0.1) is 5.92 Å². The third kappa shape index (κ3) is 5.56. The molecule has 1 amide bonds. The molecule has 4 nitrogen and oxygen atoms in total. The molecule has 0 radical (unpaired) electrons. The van der Waals surface area contributed by atoms with E-state index in [0.29, 0.717) is 28.1 Å². The van der Waals surface area contributed by atoms with E-state index < -0.39 is 0 Å². The van der Waals surface area contributed by atoms with Gasteiger partial charge in [0.15, 0.2) is 0 Å². The highest BCUT2D eigenvalue weighted by Gasteiger charge is 2.13. The topological polar surface area (TPSA) is 50.7 Å². The van der Waals surface area contributed by atoms with Crippen molar-refractivity contribution in [2.24, 2.45) is 10.9 Å². The Hall–Kier alpha value is -1.26. The zero-order chi connectivity index (χ0) is 16.0. The van der Waals surface area contributed by atoms with Crippen molar-refractivity contribution in [2.75, 3.05) is 6.61 Å². The molecular weight excluding hydrogens is 311 g/mol. The van der Waals surface area contributed by atoms with Gasteiger partial charge in [-0.15, -0.1) is 0 Å². The molecule has 1 rings (SSSR count). The van der Waals surface area contributed by atoms with E-state index in [-0.39, 0.29) is 18.0 Å². The van der Waals surface area contributed by atoms with Crippen molar-refractivity contribution in [3.8, 4) is 0 Å². The number of nitrogens with one attached hydrogen (secondary N) is 1. The molecule has 1 N–H and O–H groups in total. The molecule has 1 atom stereocenters. The monoisotopic (exact) mass is 330 g/mol. The minimum Gasteiger partial charge on any atom is -0.465 e. The summed E-state index contributed by atoms with van der Waals surface area (Å²) < 4.78 is 5.37. The molecule has 0 aliphatic rings. The van der Waals surface area contributed by atoms with Crippen LogP contribution in [-0.4, -0.2) is 24.6 Å². The first-order chi connectivity index (χ1) is 9.85. The number of benzene rings is 1. The minimum absolute atomic E-state index is 0.0423. The second-order valence-corrected chi connectivity index (χ2v) is 5.75. The molecule has 0 saturated heterocycles. The number of hydrogen-bond acceptors (Lipinski definition) is 3. The van der Waals surface area contributed by atoms with Gasteiger partial charge in [0.2, 0.25) is 0 Å². The Labute approximate surface area is 135 Å². The van der Waals surface area contributed by atoms with E-state index in [1.165, 1.54) is 6.07 Å². The Balaban J connectivity index is 2.87. The molecule has 0 aliphatic carbocycles. The molecule has 21 heavy (non-hydrogen) atoms. The molecule has 0 bridgehead atoms. The second-order valence-electron chi connectivity index (χ2n) is 4.93. The van der Waals surface area contributed by atoms with Crippen LogP contribution in [0.25, 0.3) is 0 Å². The van der Waals surface area contributed by atoms with Gasteiger partial charge in [-0.25, -0.2) is 4.99 Å². The molecule has 0 spiro atoms. The van der Waals surface area contributed by atoms with Crippen molar-refractivity contribution in [1.29, 1.82) is 0 Å². The SMILES string of the molecule is CCOC(=N[C@H](C)C(C)C)NC(=O)c1ccc(Cl)c(Cl)c1. The predicted molar refractivity (Wildman–Crippen MR) is 87.3 cm³/mol. The number of aliphatic imine (C=N–C) groups is 1. The summed E-state index contributed by atoms with van der Waals surface area (Å²) >= 11 is 11.7. The van der Waals surface area contributed by atoms with Crippen molar-refractivity contribution in [2.45, 2.75) is 33.7 Å². The molecule has 0 heterocycles. The van der Waals surface area contributed by atoms with Gasteiger partial charge in [-0.1, -0.05) is 37.0 Å². The maximum atomic E-state index is 12.2. The first kappa shape index (κ1) is 17.8. The van der Waals surface area contributed by atoms with Gasteiger partial charge in [-0.2, -0.15) is 0 Å². The van der Waals surface area contributed by atoms with Crippen LogP contribution in [0.1, 0.15) is 38.1 Å². The number of halogens is 2. The van der Waals surface area contributed by atoms with Crippen LogP contribution in [0.5, 0.6) is 0 Å². The maximum Gasteiger partial charge on any atom is 0.291 e. The molecule has 6 heteroatoms. The Bertz CT molecular complexity index is 530. The lowest BCUT2D eigenvalue weighted by molar-refractivity contribution is 0.0966.